The van der Waals surface area contributed by atoms with Crippen molar-refractivity contribution in [3.63, 3.8) is 0 Å². The first-order chi connectivity index (χ1) is 13.5. The zero-order valence-electron chi connectivity index (χ0n) is 16.5. The van der Waals surface area contributed by atoms with Crippen LogP contribution in [0.2, 0.25) is 0 Å². The standard InChI is InChI=1S/C19H23N5O4/c1-11-6-16(28-23-11)24(2)19-21-10-13(18(20)22-19)7-12-8-14(25-3)17(27-5)15(9-12)26-4/h6,8-10H,7H2,1-5H3,(H2,20,21,22). The fourth-order valence-corrected chi connectivity index (χ4v) is 2.77. The highest BCUT2D eigenvalue weighted by Crippen LogP contribution is 2.39. The molecule has 0 amide bonds. The van der Waals surface area contributed by atoms with Crippen LogP contribution in [0.1, 0.15) is 16.8 Å². The van der Waals surface area contributed by atoms with Gasteiger partial charge in [0.15, 0.2) is 11.5 Å². The molecule has 0 spiro atoms. The molecular formula is C19H23N5O4. The molecule has 0 radical (unpaired) electrons. The van der Waals surface area contributed by atoms with Crippen molar-refractivity contribution in [3.05, 3.63) is 41.2 Å². The first-order valence-corrected chi connectivity index (χ1v) is 8.54. The molecule has 0 aliphatic rings. The van der Waals surface area contributed by atoms with E-state index in [-0.39, 0.29) is 0 Å². The van der Waals surface area contributed by atoms with E-state index in [4.69, 9.17) is 24.5 Å². The van der Waals surface area contributed by atoms with Crippen LogP contribution in [-0.4, -0.2) is 43.5 Å². The van der Waals surface area contributed by atoms with Crippen LogP contribution < -0.4 is 24.8 Å². The van der Waals surface area contributed by atoms with E-state index in [1.165, 1.54) is 0 Å². The molecule has 148 valence electrons. The zero-order valence-corrected chi connectivity index (χ0v) is 16.5. The van der Waals surface area contributed by atoms with Gasteiger partial charge in [0, 0.05) is 31.3 Å². The number of methoxy groups -OCH3 is 3. The number of hydrogen-bond acceptors (Lipinski definition) is 9. The molecule has 28 heavy (non-hydrogen) atoms. The number of aryl methyl sites for hydroxylation is 1. The van der Waals surface area contributed by atoms with Gasteiger partial charge in [0.25, 0.3) is 0 Å². The molecule has 2 N–H and O–H groups in total. The first-order valence-electron chi connectivity index (χ1n) is 8.54. The van der Waals surface area contributed by atoms with Gasteiger partial charge in [-0.15, -0.1) is 0 Å². The summed E-state index contributed by atoms with van der Waals surface area (Å²) in [7, 11) is 6.51. The monoisotopic (exact) mass is 385 g/mol. The summed E-state index contributed by atoms with van der Waals surface area (Å²) in [6, 6.07) is 5.54. The van der Waals surface area contributed by atoms with Gasteiger partial charge in [-0.05, 0) is 24.6 Å². The fraction of sp³-hybridized carbons (Fsp3) is 0.316. The Balaban J connectivity index is 1.87. The molecule has 2 heterocycles. The Morgan fingerprint density at radius 2 is 1.75 bits per heavy atom. The first kappa shape index (κ1) is 19.3. The summed E-state index contributed by atoms with van der Waals surface area (Å²) in [5.41, 5.74) is 8.65. The molecule has 0 atom stereocenters. The predicted molar refractivity (Wildman–Crippen MR) is 105 cm³/mol. The summed E-state index contributed by atoms with van der Waals surface area (Å²) < 4.78 is 21.4. The number of nitrogen functional groups attached to an aromatic ring is 1. The Labute approximate surface area is 163 Å². The lowest BCUT2D eigenvalue weighted by atomic mass is 10.1. The molecule has 9 nitrogen and oxygen atoms in total. The van der Waals surface area contributed by atoms with Gasteiger partial charge in [0.2, 0.25) is 17.6 Å². The summed E-state index contributed by atoms with van der Waals surface area (Å²) in [6.07, 6.45) is 2.20. The second kappa shape index (κ2) is 8.03. The van der Waals surface area contributed by atoms with Crippen molar-refractivity contribution in [2.24, 2.45) is 0 Å². The van der Waals surface area contributed by atoms with Crippen molar-refractivity contribution in [1.29, 1.82) is 0 Å². The van der Waals surface area contributed by atoms with Crippen molar-refractivity contribution in [1.82, 2.24) is 15.1 Å². The van der Waals surface area contributed by atoms with E-state index in [1.54, 1.807) is 45.5 Å². The molecule has 0 saturated heterocycles. The minimum Gasteiger partial charge on any atom is -0.493 e. The van der Waals surface area contributed by atoms with Gasteiger partial charge in [0.05, 0.1) is 27.0 Å². The average molecular weight is 385 g/mol. The summed E-state index contributed by atoms with van der Waals surface area (Å²) in [6.45, 7) is 1.84. The van der Waals surface area contributed by atoms with E-state index in [9.17, 15) is 0 Å². The van der Waals surface area contributed by atoms with Crippen LogP contribution in [-0.2, 0) is 6.42 Å². The lowest BCUT2D eigenvalue weighted by molar-refractivity contribution is 0.324. The predicted octanol–water partition coefficient (Wildman–Crippen LogP) is 2.74. The number of anilines is 3. The van der Waals surface area contributed by atoms with E-state index in [1.807, 2.05) is 19.1 Å². The molecule has 1 aromatic carbocycles. The van der Waals surface area contributed by atoms with E-state index >= 15 is 0 Å². The smallest absolute Gasteiger partial charge is 0.233 e. The number of ether oxygens (including phenoxy) is 3. The molecule has 0 bridgehead atoms. The summed E-state index contributed by atoms with van der Waals surface area (Å²) in [5.74, 6) is 3.03. The highest BCUT2D eigenvalue weighted by molar-refractivity contribution is 5.56. The topological polar surface area (TPSA) is 109 Å². The third-order valence-electron chi connectivity index (χ3n) is 4.25. The van der Waals surface area contributed by atoms with Crippen LogP contribution in [0.4, 0.5) is 17.7 Å². The van der Waals surface area contributed by atoms with Crippen molar-refractivity contribution in [3.8, 4) is 17.2 Å². The van der Waals surface area contributed by atoms with Gasteiger partial charge >= 0.3 is 0 Å². The molecule has 9 heteroatoms. The molecule has 0 aliphatic heterocycles. The number of nitrogens with zero attached hydrogens (tertiary/aromatic N) is 4. The molecule has 0 saturated carbocycles. The summed E-state index contributed by atoms with van der Waals surface area (Å²) in [5, 5.41) is 3.87. The van der Waals surface area contributed by atoms with Crippen LogP contribution >= 0.6 is 0 Å². The second-order valence-electron chi connectivity index (χ2n) is 6.16. The van der Waals surface area contributed by atoms with Crippen molar-refractivity contribution >= 4 is 17.7 Å². The van der Waals surface area contributed by atoms with E-state index in [0.29, 0.717) is 41.3 Å². The number of aromatic nitrogens is 3. The number of benzene rings is 1. The Bertz CT molecular complexity index is 948. The summed E-state index contributed by atoms with van der Waals surface area (Å²) >= 11 is 0. The van der Waals surface area contributed by atoms with E-state index in [0.717, 1.165) is 16.8 Å². The van der Waals surface area contributed by atoms with E-state index in [2.05, 4.69) is 15.1 Å². The average Bonchev–Trinajstić information content (AvgIpc) is 3.14. The largest absolute Gasteiger partial charge is 0.493 e. The summed E-state index contributed by atoms with van der Waals surface area (Å²) in [4.78, 5) is 10.5. The van der Waals surface area contributed by atoms with Gasteiger partial charge in [-0.2, -0.15) is 4.98 Å². The third-order valence-corrected chi connectivity index (χ3v) is 4.25. The molecule has 0 unspecified atom stereocenters. The normalized spacial score (nSPS) is 10.6. The maximum Gasteiger partial charge on any atom is 0.233 e. The molecule has 3 aromatic rings. The third kappa shape index (κ3) is 3.78. The van der Waals surface area contributed by atoms with Gasteiger partial charge in [-0.3, -0.25) is 4.90 Å². The van der Waals surface area contributed by atoms with Crippen molar-refractivity contribution in [2.75, 3.05) is 39.0 Å². The van der Waals surface area contributed by atoms with Gasteiger partial charge in [0.1, 0.15) is 5.82 Å². The van der Waals surface area contributed by atoms with Crippen LogP contribution in [0.5, 0.6) is 17.2 Å². The van der Waals surface area contributed by atoms with Gasteiger partial charge in [-0.1, -0.05) is 5.16 Å². The minimum absolute atomic E-state index is 0.377. The Hall–Kier alpha value is -3.49. The second-order valence-corrected chi connectivity index (χ2v) is 6.16. The maximum atomic E-state index is 6.18. The Morgan fingerprint density at radius 1 is 1.07 bits per heavy atom. The Kier molecular flexibility index (Phi) is 5.53. The fourth-order valence-electron chi connectivity index (χ4n) is 2.77. The number of hydrogen-bond donors (Lipinski definition) is 1. The minimum atomic E-state index is 0.377. The SMILES string of the molecule is COc1cc(Cc2cnc(N(C)c3cc(C)no3)nc2N)cc(OC)c1OC. The lowest BCUT2D eigenvalue weighted by Crippen LogP contribution is -2.14. The highest BCUT2D eigenvalue weighted by atomic mass is 16.5. The highest BCUT2D eigenvalue weighted by Gasteiger charge is 2.16. The lowest BCUT2D eigenvalue weighted by Gasteiger charge is -2.16. The van der Waals surface area contributed by atoms with Crippen LogP contribution in [0.25, 0.3) is 0 Å². The maximum absolute atomic E-state index is 6.18. The molecule has 0 fully saturated rings. The van der Waals surface area contributed by atoms with Crippen LogP contribution in [0, 0.1) is 6.92 Å². The molecule has 3 rings (SSSR count). The number of rotatable bonds is 7. The number of nitrogens with two attached hydrogens (primary N) is 1. The van der Waals surface area contributed by atoms with Gasteiger partial charge in [-0.25, -0.2) is 4.98 Å². The molecular weight excluding hydrogens is 362 g/mol. The van der Waals surface area contributed by atoms with Gasteiger partial charge < -0.3 is 24.5 Å². The van der Waals surface area contributed by atoms with Crippen LogP contribution in [0.3, 0.4) is 0 Å². The van der Waals surface area contributed by atoms with Crippen molar-refractivity contribution in [2.45, 2.75) is 13.3 Å². The quantitative estimate of drug-likeness (QED) is 0.656. The van der Waals surface area contributed by atoms with Crippen molar-refractivity contribution < 1.29 is 18.7 Å². The molecule has 2 aromatic heterocycles. The zero-order chi connectivity index (χ0) is 20.3. The molecule has 0 aliphatic carbocycles. The Morgan fingerprint density at radius 3 is 2.25 bits per heavy atom. The van der Waals surface area contributed by atoms with Crippen LogP contribution in [0.15, 0.2) is 28.9 Å². The van der Waals surface area contributed by atoms with E-state index < -0.39 is 0 Å².